The van der Waals surface area contributed by atoms with Gasteiger partial charge in [0.15, 0.2) is 22.9 Å². The first-order valence-electron chi connectivity index (χ1n) is 12.1. The molecular weight excluding hydrogens is 553 g/mol. The molecular formula is C26H25F3N4O6S. The van der Waals surface area contributed by atoms with Crippen molar-refractivity contribution in [1.82, 2.24) is 15.0 Å². The van der Waals surface area contributed by atoms with Gasteiger partial charge < -0.3 is 25.0 Å². The molecule has 5 atom stereocenters. The summed E-state index contributed by atoms with van der Waals surface area (Å²) in [5.74, 6) is -4.59. The average Bonchev–Trinajstić information content (AvgIpc) is 3.40. The largest absolute Gasteiger partial charge is 0.394 e. The lowest BCUT2D eigenvalue weighted by molar-refractivity contribution is -0.180. The van der Waals surface area contributed by atoms with E-state index in [4.69, 9.17) is 4.74 Å². The first-order valence-corrected chi connectivity index (χ1v) is 13.6. The van der Waals surface area contributed by atoms with Crippen LogP contribution in [0.1, 0.15) is 6.04 Å². The second-order valence-corrected chi connectivity index (χ2v) is 11.7. The van der Waals surface area contributed by atoms with E-state index >= 15 is 0 Å². The molecule has 2 unspecified atom stereocenters. The van der Waals surface area contributed by atoms with Crippen LogP contribution in [-0.4, -0.2) is 83.2 Å². The highest BCUT2D eigenvalue weighted by Gasteiger charge is 2.51. The molecule has 0 spiro atoms. The van der Waals surface area contributed by atoms with Gasteiger partial charge in [0, 0.05) is 30.7 Å². The maximum Gasteiger partial charge on any atom is 0.207 e. The number of rotatable bonds is 6. The van der Waals surface area contributed by atoms with Crippen molar-refractivity contribution in [3.05, 3.63) is 72.2 Å². The highest BCUT2D eigenvalue weighted by atomic mass is 32.2. The van der Waals surface area contributed by atoms with Gasteiger partial charge in [-0.2, -0.15) is 0 Å². The predicted octanol–water partition coefficient (Wildman–Crippen LogP) is 2.04. The number of hydrogen-bond donors (Lipinski definition) is 3. The number of aliphatic hydroxyl groups excluding tert-OH is 3. The first kappa shape index (κ1) is 28.0. The van der Waals surface area contributed by atoms with Crippen LogP contribution in [0.4, 0.5) is 18.9 Å². The average molecular weight is 579 g/mol. The highest BCUT2D eigenvalue weighted by Crippen LogP contribution is 2.37. The molecule has 2 heterocycles. The summed E-state index contributed by atoms with van der Waals surface area (Å²) >= 11 is 0. The molecule has 1 aliphatic rings. The minimum Gasteiger partial charge on any atom is -0.394 e. The number of aromatic nitrogens is 3. The fourth-order valence-electron chi connectivity index (χ4n) is 4.84. The van der Waals surface area contributed by atoms with Crippen LogP contribution in [-0.2, 0) is 14.6 Å². The Kier molecular flexibility index (Phi) is 7.31. The number of benzene rings is 3. The Morgan fingerprint density at radius 3 is 2.38 bits per heavy atom. The number of hydrogen-bond acceptors (Lipinski definition) is 9. The van der Waals surface area contributed by atoms with E-state index in [9.17, 15) is 36.9 Å². The van der Waals surface area contributed by atoms with Crippen molar-refractivity contribution in [2.24, 2.45) is 0 Å². The van der Waals surface area contributed by atoms with Gasteiger partial charge in [0.2, 0.25) is 9.84 Å². The van der Waals surface area contributed by atoms with E-state index < -0.39 is 63.7 Å². The maximum absolute atomic E-state index is 13.7. The van der Waals surface area contributed by atoms with Crippen LogP contribution in [0.5, 0.6) is 0 Å². The van der Waals surface area contributed by atoms with Gasteiger partial charge in [-0.3, -0.25) is 0 Å². The highest BCUT2D eigenvalue weighted by molar-refractivity contribution is 7.92. The lowest BCUT2D eigenvalue weighted by Crippen LogP contribution is -2.58. The molecule has 212 valence electrons. The Labute approximate surface area is 226 Å². The quantitative estimate of drug-likeness (QED) is 0.294. The van der Waals surface area contributed by atoms with Crippen molar-refractivity contribution in [3.8, 4) is 11.3 Å². The number of halogens is 3. The maximum atomic E-state index is 13.7. The van der Waals surface area contributed by atoms with Crippen molar-refractivity contribution in [1.29, 1.82) is 0 Å². The van der Waals surface area contributed by atoms with Crippen LogP contribution < -0.4 is 4.90 Å². The molecule has 0 bridgehead atoms. The molecule has 3 N–H and O–H groups in total. The summed E-state index contributed by atoms with van der Waals surface area (Å²) in [5, 5.41) is 40.8. The van der Waals surface area contributed by atoms with Gasteiger partial charge in [0.25, 0.3) is 0 Å². The normalized spacial score (nSPS) is 23.4. The number of aliphatic hydroxyl groups is 3. The zero-order valence-electron chi connectivity index (χ0n) is 21.2. The standard InChI is InChI=1S/C26H25F3N4O6S/c1-32(2)20-5-3-4-13-8-15(6-7-16(13)20)40(37,38)26-25(36)23(24(35)21(12-34)39-26)33-11-19(30-31-33)14-9-17(27)22(29)18(28)10-14/h3-11,21,23-26,34-36H,12H2,1-2H3/t21?,23-,24-,25?,26+/m0/s1. The minimum absolute atomic E-state index is 0.144. The topological polar surface area (TPSA) is 138 Å². The molecule has 0 saturated carbocycles. The lowest BCUT2D eigenvalue weighted by atomic mass is 9.97. The van der Waals surface area contributed by atoms with Crippen molar-refractivity contribution in [2.45, 2.75) is 34.7 Å². The minimum atomic E-state index is -4.41. The summed E-state index contributed by atoms with van der Waals surface area (Å²) in [4.78, 5) is 1.71. The van der Waals surface area contributed by atoms with Crippen molar-refractivity contribution < 1.29 is 41.6 Å². The predicted molar refractivity (Wildman–Crippen MR) is 138 cm³/mol. The third-order valence-corrected chi connectivity index (χ3v) is 8.80. The van der Waals surface area contributed by atoms with Gasteiger partial charge in [-0.25, -0.2) is 26.3 Å². The van der Waals surface area contributed by atoms with Crippen LogP contribution in [0.25, 0.3) is 22.0 Å². The molecule has 4 aromatic rings. The Morgan fingerprint density at radius 2 is 1.73 bits per heavy atom. The Hall–Kier alpha value is -3.56. The van der Waals surface area contributed by atoms with Crippen LogP contribution >= 0.6 is 0 Å². The summed E-state index contributed by atoms with van der Waals surface area (Å²) in [6, 6.07) is 9.71. The Bertz CT molecular complexity index is 1660. The molecule has 5 rings (SSSR count). The summed E-state index contributed by atoms with van der Waals surface area (Å²) in [6.07, 6.45) is -3.90. The molecule has 3 aromatic carbocycles. The van der Waals surface area contributed by atoms with E-state index in [2.05, 4.69) is 10.3 Å². The second-order valence-electron chi connectivity index (χ2n) is 9.63. The molecule has 14 heteroatoms. The fourth-order valence-corrected chi connectivity index (χ4v) is 6.48. The smallest absolute Gasteiger partial charge is 0.207 e. The fraction of sp³-hybridized carbons (Fsp3) is 0.308. The number of sulfone groups is 1. The van der Waals surface area contributed by atoms with Gasteiger partial charge in [0.1, 0.15) is 30.0 Å². The monoisotopic (exact) mass is 578 g/mol. The van der Waals surface area contributed by atoms with Gasteiger partial charge >= 0.3 is 0 Å². The first-order chi connectivity index (χ1) is 18.9. The van der Waals surface area contributed by atoms with Crippen LogP contribution in [0.15, 0.2) is 59.6 Å². The molecule has 10 nitrogen and oxygen atoms in total. The van der Waals surface area contributed by atoms with E-state index in [1.165, 1.54) is 12.1 Å². The summed E-state index contributed by atoms with van der Waals surface area (Å²) in [7, 11) is -0.711. The van der Waals surface area contributed by atoms with E-state index in [0.717, 1.165) is 22.0 Å². The van der Waals surface area contributed by atoms with Gasteiger partial charge in [-0.15, -0.1) is 5.10 Å². The van der Waals surface area contributed by atoms with E-state index in [-0.39, 0.29) is 16.2 Å². The molecule has 1 saturated heterocycles. The molecule has 0 amide bonds. The van der Waals surface area contributed by atoms with Crippen LogP contribution in [0, 0.1) is 17.5 Å². The number of nitrogens with zero attached hydrogens (tertiary/aromatic N) is 4. The van der Waals surface area contributed by atoms with Gasteiger partial charge in [0.05, 0.1) is 17.7 Å². The molecule has 1 aliphatic heterocycles. The molecule has 0 aliphatic carbocycles. The number of anilines is 1. The molecule has 1 fully saturated rings. The van der Waals surface area contributed by atoms with Gasteiger partial charge in [-0.1, -0.05) is 23.4 Å². The second kappa shape index (κ2) is 10.4. The molecule has 0 radical (unpaired) electrons. The van der Waals surface area contributed by atoms with Crippen molar-refractivity contribution in [3.63, 3.8) is 0 Å². The van der Waals surface area contributed by atoms with Crippen LogP contribution in [0.2, 0.25) is 0 Å². The third-order valence-electron chi connectivity index (χ3n) is 6.89. The zero-order valence-corrected chi connectivity index (χ0v) is 22.0. The van der Waals surface area contributed by atoms with Gasteiger partial charge in [-0.05, 0) is 35.7 Å². The molecule has 40 heavy (non-hydrogen) atoms. The third kappa shape index (κ3) is 4.71. The summed E-state index contributed by atoms with van der Waals surface area (Å²) < 4.78 is 74.7. The lowest BCUT2D eigenvalue weighted by Gasteiger charge is -2.41. The summed E-state index contributed by atoms with van der Waals surface area (Å²) in [6.45, 7) is -0.795. The van der Waals surface area contributed by atoms with E-state index in [1.807, 2.05) is 25.1 Å². The van der Waals surface area contributed by atoms with Crippen molar-refractivity contribution >= 4 is 26.3 Å². The summed E-state index contributed by atoms with van der Waals surface area (Å²) in [5.41, 5.74) is -1.40. The van der Waals surface area contributed by atoms with Crippen LogP contribution in [0.3, 0.4) is 0 Å². The van der Waals surface area contributed by atoms with E-state index in [1.54, 1.807) is 18.2 Å². The van der Waals surface area contributed by atoms with E-state index in [0.29, 0.717) is 17.5 Å². The van der Waals surface area contributed by atoms with Crippen molar-refractivity contribution in [2.75, 3.05) is 25.6 Å². The Morgan fingerprint density at radius 1 is 1.02 bits per heavy atom. The molecule has 1 aromatic heterocycles. The zero-order chi connectivity index (χ0) is 28.9. The number of fused-ring (bicyclic) bond motifs is 1. The number of ether oxygens (including phenoxy) is 1. The SMILES string of the molecule is CN(C)c1cccc2cc(S(=O)(=O)[C@H]3OC(CO)[C@H](O)[C@H](n4cc(-c5cc(F)c(F)c(F)c5)nn4)C3O)ccc12. The Balaban J connectivity index is 1.52.